The summed E-state index contributed by atoms with van der Waals surface area (Å²) in [6, 6.07) is 3.47. The molecule has 0 heterocycles. The highest BCUT2D eigenvalue weighted by molar-refractivity contribution is 5.96. The molecule has 1 saturated carbocycles. The number of benzene rings is 1. The predicted octanol–water partition coefficient (Wildman–Crippen LogP) is 5.05. The molecule has 40 heavy (non-hydrogen) atoms. The number of nitrogens with zero attached hydrogens (tertiary/aromatic N) is 1. The third-order valence-corrected chi connectivity index (χ3v) is 8.58. The maximum Gasteiger partial charge on any atom is 0.249 e. The molecule has 0 aromatic heterocycles. The topological polar surface area (TPSA) is 95.7 Å². The van der Waals surface area contributed by atoms with E-state index in [4.69, 9.17) is 5.73 Å². The number of aliphatic hydroxyl groups is 1. The van der Waals surface area contributed by atoms with E-state index in [2.05, 4.69) is 12.2 Å². The molecule has 2 amide bonds. The van der Waals surface area contributed by atoms with Gasteiger partial charge in [0.25, 0.3) is 0 Å². The van der Waals surface area contributed by atoms with Crippen LogP contribution in [0.2, 0.25) is 0 Å². The van der Waals surface area contributed by atoms with E-state index in [1.54, 1.807) is 24.0 Å². The number of nitrogens with one attached hydrogen (secondary N) is 1. The van der Waals surface area contributed by atoms with Crippen LogP contribution in [0.25, 0.3) is 0 Å². The predicted molar refractivity (Wildman–Crippen MR) is 154 cm³/mol. The maximum absolute atomic E-state index is 14.2. The first-order valence-electron chi connectivity index (χ1n) is 14.9. The van der Waals surface area contributed by atoms with Crippen molar-refractivity contribution in [2.75, 3.05) is 19.6 Å². The monoisotopic (exact) mass is 559 g/mol. The Morgan fingerprint density at radius 3 is 2.33 bits per heavy atom. The van der Waals surface area contributed by atoms with Crippen LogP contribution in [0.4, 0.5) is 8.78 Å². The first-order valence-corrected chi connectivity index (χ1v) is 14.9. The van der Waals surface area contributed by atoms with E-state index in [-0.39, 0.29) is 31.3 Å². The second-order valence-corrected chi connectivity index (χ2v) is 11.9. The number of allylic oxidation sites excluding steroid dienone is 2. The molecule has 0 bridgehead atoms. The van der Waals surface area contributed by atoms with Crippen molar-refractivity contribution in [1.82, 2.24) is 10.2 Å². The van der Waals surface area contributed by atoms with Gasteiger partial charge in [0.05, 0.1) is 11.5 Å². The van der Waals surface area contributed by atoms with Crippen LogP contribution in [0, 0.1) is 28.9 Å². The van der Waals surface area contributed by atoms with Gasteiger partial charge in [0.1, 0.15) is 11.6 Å². The van der Waals surface area contributed by atoms with Crippen molar-refractivity contribution in [2.24, 2.45) is 23.0 Å². The van der Waals surface area contributed by atoms with Crippen LogP contribution in [-0.2, 0) is 16.0 Å². The molecular formula is C32H47F2N3O3. The van der Waals surface area contributed by atoms with Crippen molar-refractivity contribution in [1.29, 1.82) is 0 Å². The number of carbonyl (C=O) groups excluding carboxylic acids is 2. The summed E-state index contributed by atoms with van der Waals surface area (Å²) in [6.45, 7) is 9.40. The Morgan fingerprint density at radius 1 is 1.12 bits per heavy atom. The minimum absolute atomic E-state index is 0.0135. The van der Waals surface area contributed by atoms with E-state index in [1.807, 2.05) is 13.8 Å². The van der Waals surface area contributed by atoms with Crippen molar-refractivity contribution in [3.8, 4) is 0 Å². The zero-order valence-corrected chi connectivity index (χ0v) is 24.5. The molecule has 0 radical (unpaired) electrons. The third kappa shape index (κ3) is 7.78. The molecule has 1 aromatic carbocycles. The molecule has 3 unspecified atom stereocenters. The SMILES string of the molecule is CCCN(CCC)C(=O)C1=CC(C)=CC(C(N)=O)([C@H](Cc2cc(F)cc(F)c2)[C@@H](O)CNC2CCCCC2C)C1. The van der Waals surface area contributed by atoms with Crippen LogP contribution in [-0.4, -0.2) is 53.6 Å². The summed E-state index contributed by atoms with van der Waals surface area (Å²) >= 11 is 0. The Hall–Kier alpha value is -2.58. The molecular weight excluding hydrogens is 512 g/mol. The second kappa shape index (κ2) is 14.4. The Balaban J connectivity index is 2.00. The summed E-state index contributed by atoms with van der Waals surface area (Å²) in [6.07, 6.45) is 8.49. The highest BCUT2D eigenvalue weighted by Crippen LogP contribution is 2.44. The van der Waals surface area contributed by atoms with Crippen molar-refractivity contribution >= 4 is 11.8 Å². The van der Waals surface area contributed by atoms with E-state index in [0.29, 0.717) is 35.7 Å². The summed E-state index contributed by atoms with van der Waals surface area (Å²) in [5.74, 6) is -2.66. The zero-order valence-electron chi connectivity index (χ0n) is 24.5. The maximum atomic E-state index is 14.2. The first-order chi connectivity index (χ1) is 19.0. The average molecular weight is 560 g/mol. The quantitative estimate of drug-likeness (QED) is 0.315. The van der Waals surface area contributed by atoms with E-state index in [0.717, 1.165) is 38.2 Å². The van der Waals surface area contributed by atoms with E-state index in [1.165, 1.54) is 18.6 Å². The Bertz CT molecular complexity index is 1080. The van der Waals surface area contributed by atoms with Crippen LogP contribution in [0.15, 0.2) is 41.5 Å². The molecule has 2 aliphatic rings. The molecule has 4 N–H and O–H groups in total. The lowest BCUT2D eigenvalue weighted by molar-refractivity contribution is -0.132. The highest BCUT2D eigenvalue weighted by atomic mass is 19.1. The number of halogens is 2. The fraction of sp³-hybridized carbons (Fsp3) is 0.625. The number of hydrogen-bond donors (Lipinski definition) is 3. The van der Waals surface area contributed by atoms with Gasteiger partial charge in [-0.25, -0.2) is 8.78 Å². The Labute approximate surface area is 238 Å². The summed E-state index contributed by atoms with van der Waals surface area (Å²) < 4.78 is 28.4. The smallest absolute Gasteiger partial charge is 0.249 e. The molecule has 2 aliphatic carbocycles. The van der Waals surface area contributed by atoms with Gasteiger partial charge >= 0.3 is 0 Å². The number of rotatable bonds is 13. The fourth-order valence-electron chi connectivity index (χ4n) is 6.59. The summed E-state index contributed by atoms with van der Waals surface area (Å²) in [5, 5.41) is 15.2. The lowest BCUT2D eigenvalue weighted by Crippen LogP contribution is -2.53. The summed E-state index contributed by atoms with van der Waals surface area (Å²) in [7, 11) is 0. The van der Waals surface area contributed by atoms with Crippen molar-refractivity contribution < 1.29 is 23.5 Å². The van der Waals surface area contributed by atoms with E-state index in [9.17, 15) is 23.5 Å². The Kier molecular flexibility index (Phi) is 11.5. The average Bonchev–Trinajstić information content (AvgIpc) is 2.89. The number of primary amides is 1. The van der Waals surface area contributed by atoms with Gasteiger partial charge in [-0.3, -0.25) is 9.59 Å². The number of amides is 2. The fourth-order valence-corrected chi connectivity index (χ4v) is 6.59. The lowest BCUT2D eigenvalue weighted by atomic mass is 9.63. The normalized spacial score (nSPS) is 24.6. The van der Waals surface area contributed by atoms with Gasteiger partial charge in [-0.2, -0.15) is 0 Å². The standard InChI is InChI=1S/C32H47F2N3O3/c1-5-11-37(12-6-2)30(39)24-13-21(3)18-32(19-24,31(35)40)27(16-23-14-25(33)17-26(34)15-23)29(38)20-36-28-10-8-7-9-22(28)4/h13-15,17-18,22,27-29,36,38H,5-12,16,19-20H2,1-4H3,(H2,35,40)/t22?,27-,28?,29+,32?/m1/s1. The molecule has 0 aliphatic heterocycles. The largest absolute Gasteiger partial charge is 0.391 e. The lowest BCUT2D eigenvalue weighted by Gasteiger charge is -2.42. The molecule has 3 rings (SSSR count). The molecule has 1 fully saturated rings. The highest BCUT2D eigenvalue weighted by Gasteiger charge is 2.48. The minimum Gasteiger partial charge on any atom is -0.391 e. The van der Waals surface area contributed by atoms with Gasteiger partial charge in [-0.15, -0.1) is 0 Å². The van der Waals surface area contributed by atoms with Gasteiger partial charge in [0, 0.05) is 43.2 Å². The van der Waals surface area contributed by atoms with Gasteiger partial charge < -0.3 is 21.1 Å². The van der Waals surface area contributed by atoms with Gasteiger partial charge in [0.15, 0.2) is 0 Å². The zero-order chi connectivity index (χ0) is 29.4. The van der Waals surface area contributed by atoms with Crippen LogP contribution in [0.1, 0.15) is 78.2 Å². The molecule has 0 saturated heterocycles. The van der Waals surface area contributed by atoms with E-state index >= 15 is 0 Å². The van der Waals surface area contributed by atoms with Crippen molar-refractivity contribution in [2.45, 2.75) is 91.2 Å². The van der Waals surface area contributed by atoms with E-state index < -0.39 is 35.0 Å². The molecule has 6 nitrogen and oxygen atoms in total. The van der Waals surface area contributed by atoms with Crippen molar-refractivity contribution in [3.05, 3.63) is 58.7 Å². The number of hydrogen-bond acceptors (Lipinski definition) is 4. The molecule has 0 spiro atoms. The minimum atomic E-state index is -1.42. The molecule has 5 atom stereocenters. The number of nitrogens with two attached hydrogens (primary N) is 1. The van der Waals surface area contributed by atoms with Crippen LogP contribution in [0.5, 0.6) is 0 Å². The summed E-state index contributed by atoms with van der Waals surface area (Å²) in [4.78, 5) is 28.8. The first kappa shape index (κ1) is 31.9. The van der Waals surface area contributed by atoms with Gasteiger partial charge in [-0.05, 0) is 69.1 Å². The second-order valence-electron chi connectivity index (χ2n) is 11.9. The number of carbonyl (C=O) groups is 2. The number of aliphatic hydroxyl groups excluding tert-OH is 1. The molecule has 8 heteroatoms. The van der Waals surface area contributed by atoms with Crippen LogP contribution >= 0.6 is 0 Å². The van der Waals surface area contributed by atoms with Crippen molar-refractivity contribution in [3.63, 3.8) is 0 Å². The van der Waals surface area contributed by atoms with Gasteiger partial charge in [0.2, 0.25) is 11.8 Å². The van der Waals surface area contributed by atoms with Crippen LogP contribution in [0.3, 0.4) is 0 Å². The van der Waals surface area contributed by atoms with Crippen LogP contribution < -0.4 is 11.1 Å². The van der Waals surface area contributed by atoms with Gasteiger partial charge in [-0.1, -0.05) is 51.3 Å². The summed E-state index contributed by atoms with van der Waals surface area (Å²) in [5.41, 5.74) is 6.17. The third-order valence-electron chi connectivity index (χ3n) is 8.58. The Morgan fingerprint density at radius 2 is 1.75 bits per heavy atom. The molecule has 222 valence electrons. The molecule has 1 aromatic rings.